The Kier molecular flexibility index (Phi) is 2.37. The summed E-state index contributed by atoms with van der Waals surface area (Å²) in [7, 11) is 0. The van der Waals surface area contributed by atoms with Crippen molar-refractivity contribution in [2.45, 2.75) is 0 Å². The second-order valence-electron chi connectivity index (χ2n) is 0.862. The lowest BCUT2D eigenvalue weighted by molar-refractivity contribution is -0.147. The third-order valence-electron chi connectivity index (χ3n) is 0.360. The van der Waals surface area contributed by atoms with E-state index in [1.165, 1.54) is 0 Å². The van der Waals surface area contributed by atoms with Crippen molar-refractivity contribution in [2.24, 2.45) is 0 Å². The van der Waals surface area contributed by atoms with Crippen LogP contribution in [-0.2, 0) is 9.59 Å². The summed E-state index contributed by atoms with van der Waals surface area (Å²) in [5.41, 5.74) is 0. The molecule has 1 N–H and O–H groups in total. The lowest BCUT2D eigenvalue weighted by Crippen LogP contribution is -2.12. The molecule has 0 unspecified atom stereocenters. The number of halogens is 1. The molecule has 0 aromatic heterocycles. The molecule has 40 valence electrons. The maximum Gasteiger partial charge on any atom is 0.373 e. The van der Waals surface area contributed by atoms with Crippen molar-refractivity contribution in [3.8, 4) is 0 Å². The van der Waals surface area contributed by atoms with E-state index in [0.29, 0.717) is 0 Å². The van der Waals surface area contributed by atoms with Crippen molar-refractivity contribution in [2.75, 3.05) is 5.88 Å². The van der Waals surface area contributed by atoms with E-state index in [4.69, 9.17) is 16.7 Å². The van der Waals surface area contributed by atoms with Gasteiger partial charge in [-0.3, -0.25) is 4.79 Å². The van der Waals surface area contributed by atoms with Crippen LogP contribution < -0.4 is 0 Å². The molecular weight excluding hydrogens is 119 g/mol. The normalized spacial score (nSPS) is 8.14. The molecule has 0 aliphatic carbocycles. The number of Topliss-reactive ketones (excluding diaryl/α,β-unsaturated/α-hetero) is 1. The van der Waals surface area contributed by atoms with Crippen LogP contribution in [-0.4, -0.2) is 22.7 Å². The molecule has 0 saturated carbocycles. The number of rotatable bonds is 2. The van der Waals surface area contributed by atoms with Crippen molar-refractivity contribution in [3.63, 3.8) is 0 Å². The van der Waals surface area contributed by atoms with Crippen LogP contribution >= 0.6 is 11.6 Å². The minimum absolute atomic E-state index is 0.449. The van der Waals surface area contributed by atoms with E-state index < -0.39 is 17.6 Å². The monoisotopic (exact) mass is 122 g/mol. The summed E-state index contributed by atoms with van der Waals surface area (Å²) in [5.74, 6) is -2.90. The molecule has 3 nitrogen and oxygen atoms in total. The highest BCUT2D eigenvalue weighted by Gasteiger charge is 2.06. The molecule has 0 radical (unpaired) electrons. The van der Waals surface area contributed by atoms with Gasteiger partial charge in [-0.05, 0) is 0 Å². The van der Waals surface area contributed by atoms with Crippen LogP contribution in [0.15, 0.2) is 0 Å². The Labute approximate surface area is 44.9 Å². The SMILES string of the molecule is O=C(O)C(=O)CCl. The maximum absolute atomic E-state index is 9.78. The number of hydrogen-bond donors (Lipinski definition) is 1. The number of alkyl halides is 1. The van der Waals surface area contributed by atoms with Gasteiger partial charge in [-0.15, -0.1) is 11.6 Å². The summed E-state index contributed by atoms with van der Waals surface area (Å²) in [6, 6.07) is 0. The lowest BCUT2D eigenvalue weighted by Gasteiger charge is -1.79. The van der Waals surface area contributed by atoms with Crippen LogP contribution in [0.1, 0.15) is 0 Å². The number of carbonyl (C=O) groups is 2. The highest BCUT2D eigenvalue weighted by atomic mass is 35.5. The Balaban J connectivity index is 3.58. The Morgan fingerprint density at radius 3 is 2.00 bits per heavy atom. The van der Waals surface area contributed by atoms with Gasteiger partial charge in [-0.25, -0.2) is 4.79 Å². The third-order valence-corrected chi connectivity index (χ3v) is 0.603. The van der Waals surface area contributed by atoms with E-state index in [0.717, 1.165) is 0 Å². The van der Waals surface area contributed by atoms with Crippen LogP contribution in [0.25, 0.3) is 0 Å². The van der Waals surface area contributed by atoms with Crippen molar-refractivity contribution in [1.29, 1.82) is 0 Å². The molecule has 0 aromatic carbocycles. The summed E-state index contributed by atoms with van der Waals surface area (Å²) in [4.78, 5) is 19.3. The molecular formula is C3H3ClO3. The fraction of sp³-hybridized carbons (Fsp3) is 0.333. The minimum atomic E-state index is -1.48. The molecule has 0 fully saturated rings. The summed E-state index contributed by atoms with van der Waals surface area (Å²) in [5, 5.41) is 7.75. The molecule has 0 amide bonds. The van der Waals surface area contributed by atoms with E-state index in [2.05, 4.69) is 0 Å². The van der Waals surface area contributed by atoms with Gasteiger partial charge in [0, 0.05) is 0 Å². The number of carboxylic acid groups (broad SMARTS) is 1. The Bertz CT molecular complexity index is 98.4. The maximum atomic E-state index is 9.78. The number of aliphatic carboxylic acids is 1. The summed E-state index contributed by atoms with van der Waals surface area (Å²) < 4.78 is 0. The lowest BCUT2D eigenvalue weighted by atomic mass is 10.5. The molecule has 0 spiro atoms. The molecule has 4 heteroatoms. The number of hydrogen-bond acceptors (Lipinski definition) is 2. The summed E-state index contributed by atoms with van der Waals surface area (Å²) >= 11 is 4.82. The van der Waals surface area contributed by atoms with Crippen molar-refractivity contribution < 1.29 is 14.7 Å². The molecule has 0 aromatic rings. The third kappa shape index (κ3) is 2.17. The quantitative estimate of drug-likeness (QED) is 0.410. The van der Waals surface area contributed by atoms with E-state index in [-0.39, 0.29) is 0 Å². The molecule has 0 aliphatic heterocycles. The van der Waals surface area contributed by atoms with Crippen LogP contribution in [0.2, 0.25) is 0 Å². The zero-order valence-corrected chi connectivity index (χ0v) is 4.10. The van der Waals surface area contributed by atoms with E-state index in [1.807, 2.05) is 0 Å². The van der Waals surface area contributed by atoms with Gasteiger partial charge in [0.1, 0.15) is 0 Å². The highest BCUT2D eigenvalue weighted by molar-refractivity contribution is 6.44. The predicted octanol–water partition coefficient (Wildman–Crippen LogP) is -0.121. The second-order valence-corrected chi connectivity index (χ2v) is 1.13. The van der Waals surface area contributed by atoms with Gasteiger partial charge in [0.25, 0.3) is 5.78 Å². The summed E-state index contributed by atoms with van der Waals surface area (Å²) in [6.07, 6.45) is 0. The first-order valence-corrected chi connectivity index (χ1v) is 2.04. The fourth-order valence-corrected chi connectivity index (χ4v) is 0.171. The topological polar surface area (TPSA) is 54.4 Å². The largest absolute Gasteiger partial charge is 0.475 e. The second kappa shape index (κ2) is 2.58. The first-order valence-electron chi connectivity index (χ1n) is 1.50. The smallest absolute Gasteiger partial charge is 0.373 e. The van der Waals surface area contributed by atoms with E-state index >= 15 is 0 Å². The molecule has 0 rings (SSSR count). The molecule has 0 saturated heterocycles. The Morgan fingerprint density at radius 1 is 1.57 bits per heavy atom. The van der Waals surface area contributed by atoms with Gasteiger partial charge in [0.2, 0.25) is 0 Å². The molecule has 0 atom stereocenters. The number of carboxylic acids is 1. The predicted molar refractivity (Wildman–Crippen MR) is 23.4 cm³/mol. The Hall–Kier alpha value is -0.570. The zero-order valence-electron chi connectivity index (χ0n) is 3.35. The van der Waals surface area contributed by atoms with Crippen LogP contribution in [0, 0.1) is 0 Å². The Morgan fingerprint density at radius 2 is 2.00 bits per heavy atom. The first-order chi connectivity index (χ1) is 3.18. The number of carbonyl (C=O) groups excluding carboxylic acids is 1. The molecule has 0 aliphatic rings. The number of ketones is 1. The van der Waals surface area contributed by atoms with Crippen molar-refractivity contribution in [3.05, 3.63) is 0 Å². The average molecular weight is 123 g/mol. The van der Waals surface area contributed by atoms with Gasteiger partial charge in [-0.1, -0.05) is 0 Å². The summed E-state index contributed by atoms with van der Waals surface area (Å²) in [6.45, 7) is 0. The van der Waals surface area contributed by atoms with Gasteiger partial charge >= 0.3 is 5.97 Å². The van der Waals surface area contributed by atoms with E-state index in [1.54, 1.807) is 0 Å². The van der Waals surface area contributed by atoms with Crippen LogP contribution in [0.5, 0.6) is 0 Å². The molecule has 7 heavy (non-hydrogen) atoms. The van der Waals surface area contributed by atoms with Gasteiger partial charge < -0.3 is 5.11 Å². The molecule has 0 heterocycles. The molecule has 0 bridgehead atoms. The van der Waals surface area contributed by atoms with Gasteiger partial charge in [0.15, 0.2) is 0 Å². The van der Waals surface area contributed by atoms with Crippen LogP contribution in [0.4, 0.5) is 0 Å². The standard InChI is InChI=1S/C3H3ClO3/c4-1-2(5)3(6)7/h1H2,(H,6,7). The fourth-order valence-electron chi connectivity index (χ4n) is 0.0572. The highest BCUT2D eigenvalue weighted by Crippen LogP contribution is 1.76. The van der Waals surface area contributed by atoms with E-state index in [9.17, 15) is 9.59 Å². The van der Waals surface area contributed by atoms with Crippen LogP contribution in [0.3, 0.4) is 0 Å². The van der Waals surface area contributed by atoms with Crippen molar-refractivity contribution in [1.82, 2.24) is 0 Å². The van der Waals surface area contributed by atoms with Crippen molar-refractivity contribution >= 4 is 23.4 Å². The zero-order chi connectivity index (χ0) is 5.86. The first kappa shape index (κ1) is 6.43. The van der Waals surface area contributed by atoms with Gasteiger partial charge in [-0.2, -0.15) is 0 Å². The minimum Gasteiger partial charge on any atom is -0.475 e. The van der Waals surface area contributed by atoms with Gasteiger partial charge in [0.05, 0.1) is 5.88 Å². The average Bonchev–Trinajstić information content (AvgIpc) is 1.65.